The van der Waals surface area contributed by atoms with E-state index in [9.17, 15) is 4.79 Å². The minimum atomic E-state index is -0.707. The van der Waals surface area contributed by atoms with Gasteiger partial charge in [0.15, 0.2) is 6.10 Å². The molecule has 0 radical (unpaired) electrons. The van der Waals surface area contributed by atoms with E-state index in [1.54, 1.807) is 49.4 Å². The first-order valence-corrected chi connectivity index (χ1v) is 6.99. The summed E-state index contributed by atoms with van der Waals surface area (Å²) < 4.78 is 5.53. The standard InChI is InChI=1S/C15H14Cl2N2O2/c1-9(21-12-4-2-3-10(16)7-12)15(20)19-14-8-11(18)5-6-13(14)17/h2-9H,18H2,1H3,(H,19,20). The van der Waals surface area contributed by atoms with Gasteiger partial charge in [0.2, 0.25) is 0 Å². The van der Waals surface area contributed by atoms with Crippen LogP contribution in [0.3, 0.4) is 0 Å². The van der Waals surface area contributed by atoms with Crippen LogP contribution < -0.4 is 15.8 Å². The molecule has 3 N–H and O–H groups in total. The van der Waals surface area contributed by atoms with E-state index >= 15 is 0 Å². The number of carbonyl (C=O) groups excluding carboxylic acids is 1. The van der Waals surface area contributed by atoms with Crippen molar-refractivity contribution in [1.29, 1.82) is 0 Å². The Bertz CT molecular complexity index is 662. The van der Waals surface area contributed by atoms with E-state index in [1.807, 2.05) is 0 Å². The first kappa shape index (κ1) is 15.5. The van der Waals surface area contributed by atoms with Crippen LogP contribution >= 0.6 is 23.2 Å². The third kappa shape index (κ3) is 4.28. The van der Waals surface area contributed by atoms with E-state index in [4.69, 9.17) is 33.7 Å². The number of nitrogens with two attached hydrogens (primary N) is 1. The first-order valence-electron chi connectivity index (χ1n) is 6.24. The highest BCUT2D eigenvalue weighted by molar-refractivity contribution is 6.33. The Morgan fingerprint density at radius 1 is 1.24 bits per heavy atom. The molecule has 0 fully saturated rings. The fourth-order valence-corrected chi connectivity index (χ4v) is 2.02. The van der Waals surface area contributed by atoms with Gasteiger partial charge in [-0.1, -0.05) is 29.3 Å². The molecule has 1 atom stereocenters. The number of halogens is 2. The van der Waals surface area contributed by atoms with Gasteiger partial charge in [0, 0.05) is 10.7 Å². The van der Waals surface area contributed by atoms with Crippen LogP contribution in [0.1, 0.15) is 6.92 Å². The minimum absolute atomic E-state index is 0.331. The van der Waals surface area contributed by atoms with E-state index in [1.165, 1.54) is 0 Å². The molecule has 0 aliphatic rings. The SMILES string of the molecule is CC(Oc1cccc(Cl)c1)C(=O)Nc1cc(N)ccc1Cl. The van der Waals surface area contributed by atoms with Gasteiger partial charge in [0.25, 0.3) is 5.91 Å². The van der Waals surface area contributed by atoms with E-state index < -0.39 is 6.10 Å². The van der Waals surface area contributed by atoms with Gasteiger partial charge in [-0.25, -0.2) is 0 Å². The molecular formula is C15H14Cl2N2O2. The second kappa shape index (κ2) is 6.70. The van der Waals surface area contributed by atoms with Crippen molar-refractivity contribution in [3.63, 3.8) is 0 Å². The van der Waals surface area contributed by atoms with Crippen LogP contribution in [0.2, 0.25) is 10.0 Å². The number of nitrogens with one attached hydrogen (secondary N) is 1. The van der Waals surface area contributed by atoms with Gasteiger partial charge in [-0.2, -0.15) is 0 Å². The molecule has 0 aliphatic heterocycles. The third-order valence-electron chi connectivity index (χ3n) is 2.73. The smallest absolute Gasteiger partial charge is 0.265 e. The average molecular weight is 325 g/mol. The lowest BCUT2D eigenvalue weighted by Crippen LogP contribution is -2.30. The van der Waals surface area contributed by atoms with Crippen LogP contribution in [0.15, 0.2) is 42.5 Å². The Kier molecular flexibility index (Phi) is 4.94. The number of carbonyl (C=O) groups is 1. The van der Waals surface area contributed by atoms with E-state index in [0.29, 0.717) is 27.2 Å². The maximum atomic E-state index is 12.1. The third-order valence-corrected chi connectivity index (χ3v) is 3.29. The summed E-state index contributed by atoms with van der Waals surface area (Å²) in [5.74, 6) is 0.186. The van der Waals surface area contributed by atoms with Crippen molar-refractivity contribution < 1.29 is 9.53 Å². The highest BCUT2D eigenvalue weighted by atomic mass is 35.5. The zero-order valence-electron chi connectivity index (χ0n) is 11.3. The maximum absolute atomic E-state index is 12.1. The number of ether oxygens (including phenoxy) is 1. The summed E-state index contributed by atoms with van der Waals surface area (Å²) in [6.07, 6.45) is -0.707. The van der Waals surface area contributed by atoms with E-state index in [2.05, 4.69) is 5.32 Å². The van der Waals surface area contributed by atoms with Crippen molar-refractivity contribution in [2.45, 2.75) is 13.0 Å². The highest BCUT2D eigenvalue weighted by Gasteiger charge is 2.16. The topological polar surface area (TPSA) is 64.3 Å². The Morgan fingerprint density at radius 2 is 2.00 bits per heavy atom. The molecule has 110 valence electrons. The molecular weight excluding hydrogens is 311 g/mol. The molecule has 1 unspecified atom stereocenters. The Morgan fingerprint density at radius 3 is 2.71 bits per heavy atom. The zero-order valence-corrected chi connectivity index (χ0v) is 12.8. The van der Waals surface area contributed by atoms with Gasteiger partial charge >= 0.3 is 0 Å². The zero-order chi connectivity index (χ0) is 15.4. The molecule has 1 amide bonds. The molecule has 0 spiro atoms. The van der Waals surface area contributed by atoms with Crippen LogP contribution in [-0.2, 0) is 4.79 Å². The fraction of sp³-hybridized carbons (Fsp3) is 0.133. The maximum Gasteiger partial charge on any atom is 0.265 e. The number of benzene rings is 2. The number of anilines is 2. The van der Waals surface area contributed by atoms with Crippen molar-refractivity contribution in [1.82, 2.24) is 0 Å². The van der Waals surface area contributed by atoms with Gasteiger partial charge in [-0.3, -0.25) is 4.79 Å². The summed E-state index contributed by atoms with van der Waals surface area (Å²) in [6, 6.07) is 11.7. The van der Waals surface area contributed by atoms with Crippen molar-refractivity contribution in [2.75, 3.05) is 11.1 Å². The Balaban J connectivity index is 2.04. The van der Waals surface area contributed by atoms with Crippen LogP contribution in [0, 0.1) is 0 Å². The van der Waals surface area contributed by atoms with E-state index in [0.717, 1.165) is 0 Å². The molecule has 6 heteroatoms. The Labute approximate surface area is 132 Å². The molecule has 0 bridgehead atoms. The molecule has 2 aromatic rings. The largest absolute Gasteiger partial charge is 0.481 e. The summed E-state index contributed by atoms with van der Waals surface area (Å²) in [4.78, 5) is 12.1. The predicted molar refractivity (Wildman–Crippen MR) is 86.0 cm³/mol. The van der Waals surface area contributed by atoms with Crippen molar-refractivity contribution in [3.05, 3.63) is 52.5 Å². The number of hydrogen-bond donors (Lipinski definition) is 2. The second-order valence-electron chi connectivity index (χ2n) is 4.45. The van der Waals surface area contributed by atoms with Crippen LogP contribution in [0.5, 0.6) is 5.75 Å². The lowest BCUT2D eigenvalue weighted by Gasteiger charge is -2.15. The molecule has 4 nitrogen and oxygen atoms in total. The second-order valence-corrected chi connectivity index (χ2v) is 5.29. The van der Waals surface area contributed by atoms with E-state index in [-0.39, 0.29) is 5.91 Å². The first-order chi connectivity index (χ1) is 9.95. The number of amides is 1. The van der Waals surface area contributed by atoms with Gasteiger partial charge in [-0.15, -0.1) is 0 Å². The molecule has 0 saturated carbocycles. The Hall–Kier alpha value is -1.91. The van der Waals surface area contributed by atoms with Gasteiger partial charge < -0.3 is 15.8 Å². The number of rotatable bonds is 4. The van der Waals surface area contributed by atoms with Gasteiger partial charge in [-0.05, 0) is 43.3 Å². The molecule has 0 aliphatic carbocycles. The average Bonchev–Trinajstić information content (AvgIpc) is 2.43. The molecule has 2 aromatic carbocycles. The molecule has 0 heterocycles. The predicted octanol–water partition coefficient (Wildman–Crippen LogP) is 3.98. The summed E-state index contributed by atoms with van der Waals surface area (Å²) in [5, 5.41) is 3.63. The van der Waals surface area contributed by atoms with Crippen molar-refractivity contribution in [3.8, 4) is 5.75 Å². The number of hydrogen-bond acceptors (Lipinski definition) is 3. The van der Waals surface area contributed by atoms with Crippen LogP contribution in [0.25, 0.3) is 0 Å². The molecule has 2 rings (SSSR count). The quantitative estimate of drug-likeness (QED) is 0.836. The summed E-state index contributed by atoms with van der Waals surface area (Å²) >= 11 is 11.9. The molecule has 0 saturated heterocycles. The summed E-state index contributed by atoms with van der Waals surface area (Å²) in [7, 11) is 0. The number of nitrogen functional groups attached to an aromatic ring is 1. The summed E-state index contributed by atoms with van der Waals surface area (Å²) in [6.45, 7) is 1.64. The lowest BCUT2D eigenvalue weighted by atomic mass is 10.2. The van der Waals surface area contributed by atoms with Gasteiger partial charge in [0.1, 0.15) is 5.75 Å². The summed E-state index contributed by atoms with van der Waals surface area (Å²) in [5.41, 5.74) is 6.62. The lowest BCUT2D eigenvalue weighted by molar-refractivity contribution is -0.122. The van der Waals surface area contributed by atoms with Crippen LogP contribution in [0.4, 0.5) is 11.4 Å². The van der Waals surface area contributed by atoms with Crippen molar-refractivity contribution >= 4 is 40.5 Å². The monoisotopic (exact) mass is 324 g/mol. The minimum Gasteiger partial charge on any atom is -0.481 e. The normalized spacial score (nSPS) is 11.8. The van der Waals surface area contributed by atoms with Gasteiger partial charge in [0.05, 0.1) is 10.7 Å². The molecule has 21 heavy (non-hydrogen) atoms. The fourth-order valence-electron chi connectivity index (χ4n) is 1.67. The van der Waals surface area contributed by atoms with Crippen molar-refractivity contribution in [2.24, 2.45) is 0 Å². The highest BCUT2D eigenvalue weighted by Crippen LogP contribution is 2.24. The van der Waals surface area contributed by atoms with Crippen LogP contribution in [-0.4, -0.2) is 12.0 Å². The molecule has 0 aromatic heterocycles.